The number of ether oxygens (including phenoxy) is 2. The van der Waals surface area contributed by atoms with Gasteiger partial charge in [0.2, 0.25) is 0 Å². The van der Waals surface area contributed by atoms with Gasteiger partial charge in [0.05, 0.1) is 6.10 Å². The summed E-state index contributed by atoms with van der Waals surface area (Å²) in [6.45, 7) is 45.3. The molecule has 0 aromatic carbocycles. The smallest absolute Gasteiger partial charge is 0.187 e. The molecule has 476 valence electrons. The maximum atomic E-state index is 12.6. The molecule has 5 atom stereocenters. The standard InChI is InChI=1S/C42H58O2.C41H56O3/c1-30(19-15-21-32(3)23-25-37-35(6)27-34(5)28-41(37,8)9)17-13-14-18-31(2)20-16-22-33(4)24-26-38-36(7)40(43)39(44-12)29-42(38,10)11;1-29(18-14-20-31(3)22-24-36-33(5)26-35(42)27-40(36,7)8)16-12-13-17-30(2)19-15-21-32(4)23-25-37-34(6)39(43)38(44-11)28-41(37,9)10/h13-27,34,37,39H,28-29H2,1-12H3;12-25,35,38,42H,26-28H2,1-11H3/b14-13+,19-15+,20-16+,25-23+,26-24+,30-17+,31-18+,32-21+,33-22+;13-12+,18-14+,19-15+,24-22+,25-23+,29-16+,30-17+,31-20+,32-21+/t34-,37+,39+;35-,38+/m11/s1. The Morgan fingerprint density at radius 1 is 0.443 bits per heavy atom. The largest absolute Gasteiger partial charge is 0.393 e. The number of methoxy groups -OCH3 is 2. The summed E-state index contributed by atoms with van der Waals surface area (Å²) in [5.74, 6) is 1.35. The zero-order valence-corrected chi connectivity index (χ0v) is 58.7. The average Bonchev–Trinajstić information content (AvgIpc) is 1.77. The lowest BCUT2D eigenvalue weighted by Crippen LogP contribution is -2.37. The number of hydrogen-bond donors (Lipinski definition) is 1. The van der Waals surface area contributed by atoms with Crippen molar-refractivity contribution in [1.82, 2.24) is 0 Å². The summed E-state index contributed by atoms with van der Waals surface area (Å²) in [4.78, 5) is 25.2. The molecule has 4 rings (SSSR count). The van der Waals surface area contributed by atoms with Crippen LogP contribution in [-0.2, 0) is 19.1 Å². The first-order chi connectivity index (χ1) is 41.1. The zero-order valence-electron chi connectivity index (χ0n) is 58.7. The summed E-state index contributed by atoms with van der Waals surface area (Å²) in [6, 6.07) is 0. The Labute approximate surface area is 536 Å². The molecular formula is C83H114O5. The molecular weight excluding hydrogens is 1080 g/mol. The summed E-state index contributed by atoms with van der Waals surface area (Å²) < 4.78 is 10.8. The second kappa shape index (κ2) is 35.6. The molecule has 0 unspecified atom stereocenters. The van der Waals surface area contributed by atoms with Crippen molar-refractivity contribution in [3.05, 3.63) is 260 Å². The Kier molecular flexibility index (Phi) is 30.7. The molecule has 5 heteroatoms. The van der Waals surface area contributed by atoms with Crippen molar-refractivity contribution in [2.45, 2.75) is 196 Å². The molecule has 1 N–H and O–H groups in total. The van der Waals surface area contributed by atoms with E-state index in [1.165, 1.54) is 51.0 Å². The fourth-order valence-electron chi connectivity index (χ4n) is 12.5. The first kappa shape index (κ1) is 75.7. The van der Waals surface area contributed by atoms with Gasteiger partial charge in [0, 0.05) is 20.1 Å². The van der Waals surface area contributed by atoms with E-state index in [0.29, 0.717) is 30.1 Å². The molecule has 4 aliphatic carbocycles. The minimum Gasteiger partial charge on any atom is -0.393 e. The van der Waals surface area contributed by atoms with Crippen LogP contribution in [-0.4, -0.2) is 49.2 Å². The van der Waals surface area contributed by atoms with Gasteiger partial charge < -0.3 is 14.6 Å². The van der Waals surface area contributed by atoms with Gasteiger partial charge in [0.25, 0.3) is 0 Å². The minimum absolute atomic E-state index is 0.00194. The van der Waals surface area contributed by atoms with Gasteiger partial charge in [0.1, 0.15) is 12.2 Å². The van der Waals surface area contributed by atoms with Gasteiger partial charge in [-0.1, -0.05) is 294 Å². The summed E-state index contributed by atoms with van der Waals surface area (Å²) in [5.41, 5.74) is 17.4. The maximum absolute atomic E-state index is 12.6. The van der Waals surface area contributed by atoms with Crippen molar-refractivity contribution in [2.75, 3.05) is 14.2 Å². The van der Waals surface area contributed by atoms with E-state index in [1.807, 2.05) is 13.8 Å². The molecule has 0 heterocycles. The number of carbonyl (C=O) groups excluding carboxylic acids is 2. The highest BCUT2D eigenvalue weighted by Crippen LogP contribution is 2.45. The molecule has 5 nitrogen and oxygen atoms in total. The zero-order chi connectivity index (χ0) is 66.2. The third-order valence-electron chi connectivity index (χ3n) is 17.4. The van der Waals surface area contributed by atoms with Crippen molar-refractivity contribution < 1.29 is 24.2 Å². The average molecular weight is 1190 g/mol. The van der Waals surface area contributed by atoms with Gasteiger partial charge in [-0.2, -0.15) is 0 Å². The number of carbonyl (C=O) groups is 2. The van der Waals surface area contributed by atoms with Crippen LogP contribution in [0.15, 0.2) is 260 Å². The Bertz CT molecular complexity index is 3180. The monoisotopic (exact) mass is 1190 g/mol. The van der Waals surface area contributed by atoms with E-state index in [0.717, 1.165) is 51.9 Å². The lowest BCUT2D eigenvalue weighted by Gasteiger charge is -2.39. The van der Waals surface area contributed by atoms with Crippen molar-refractivity contribution >= 4 is 11.6 Å². The maximum Gasteiger partial charge on any atom is 0.187 e. The molecule has 0 aromatic heterocycles. The van der Waals surface area contributed by atoms with E-state index in [1.54, 1.807) is 14.2 Å². The van der Waals surface area contributed by atoms with E-state index in [9.17, 15) is 14.7 Å². The third-order valence-corrected chi connectivity index (χ3v) is 17.4. The lowest BCUT2D eigenvalue weighted by atomic mass is 9.66. The van der Waals surface area contributed by atoms with Crippen molar-refractivity contribution in [3.8, 4) is 0 Å². The third kappa shape index (κ3) is 25.2. The van der Waals surface area contributed by atoms with Crippen LogP contribution in [0.2, 0.25) is 0 Å². The van der Waals surface area contributed by atoms with E-state index in [2.05, 4.69) is 308 Å². The van der Waals surface area contributed by atoms with Crippen LogP contribution < -0.4 is 0 Å². The topological polar surface area (TPSA) is 72.8 Å². The molecule has 4 aliphatic rings. The summed E-state index contributed by atoms with van der Waals surface area (Å²) >= 11 is 0. The Morgan fingerprint density at radius 2 is 0.750 bits per heavy atom. The van der Waals surface area contributed by atoms with Gasteiger partial charge in [-0.05, 0) is 171 Å². The number of hydrogen-bond acceptors (Lipinski definition) is 5. The second-order valence-electron chi connectivity index (χ2n) is 28.0. The fraction of sp³-hybridized carbons (Fsp3) is 0.446. The van der Waals surface area contributed by atoms with Crippen LogP contribution in [0.25, 0.3) is 0 Å². The number of aliphatic hydroxyl groups excluding tert-OH is 1. The first-order valence-corrected chi connectivity index (χ1v) is 31.9. The quantitative estimate of drug-likeness (QED) is 0.0864. The Balaban J connectivity index is 0.000000460. The van der Waals surface area contributed by atoms with Crippen LogP contribution in [0, 0.1) is 33.5 Å². The van der Waals surface area contributed by atoms with Gasteiger partial charge in [-0.3, -0.25) is 9.59 Å². The summed E-state index contributed by atoms with van der Waals surface area (Å²) in [5, 5.41) is 10.1. The lowest BCUT2D eigenvalue weighted by molar-refractivity contribution is -0.128. The van der Waals surface area contributed by atoms with Gasteiger partial charge in [-0.15, -0.1) is 0 Å². The first-order valence-electron chi connectivity index (χ1n) is 31.9. The number of Topliss-reactive ketones (excluding diaryl/α,β-unsaturated/α-hetero) is 2. The fourth-order valence-corrected chi connectivity index (χ4v) is 12.5. The Morgan fingerprint density at radius 3 is 1.08 bits per heavy atom. The summed E-state index contributed by atoms with van der Waals surface area (Å²) in [7, 11) is 3.23. The molecule has 0 spiro atoms. The highest BCUT2D eigenvalue weighted by atomic mass is 16.5. The van der Waals surface area contributed by atoms with Crippen LogP contribution in [0.1, 0.15) is 178 Å². The molecule has 0 bridgehead atoms. The molecule has 0 aliphatic heterocycles. The van der Waals surface area contributed by atoms with E-state index in [4.69, 9.17) is 9.47 Å². The van der Waals surface area contributed by atoms with Crippen LogP contribution in [0.3, 0.4) is 0 Å². The molecule has 0 radical (unpaired) electrons. The SMILES string of the molecule is CO[C@H]1CC(C)(C)C(/C=C/C(C)=C/C=C/C(C)=C/C=C/C=C(C)/C=C/C=C(C)/C=C/C2=C(C)C[C@@H](O)CC2(C)C)=C(C)C1=O.CO[C@H]1CC(C)(C)C(/C=C/C(C)=C/C=C/C(C)=C/C=C/C=C(C)/C=C/C=C(C)/C=C/[C@H]2C(C)=C[C@@H](C)CC2(C)C)=C(C)C1=O. The molecule has 0 saturated heterocycles. The van der Waals surface area contributed by atoms with Crippen LogP contribution in [0.5, 0.6) is 0 Å². The molecule has 0 amide bonds. The van der Waals surface area contributed by atoms with Crippen LogP contribution >= 0.6 is 0 Å². The second-order valence-corrected chi connectivity index (χ2v) is 28.0. The van der Waals surface area contributed by atoms with Gasteiger partial charge in [-0.25, -0.2) is 0 Å². The normalized spacial score (nSPS) is 25.2. The molecule has 0 fully saturated rings. The number of allylic oxidation sites excluding steroid dienone is 41. The van der Waals surface area contributed by atoms with Gasteiger partial charge in [0.15, 0.2) is 11.6 Å². The summed E-state index contributed by atoms with van der Waals surface area (Å²) in [6.07, 6.45) is 65.1. The van der Waals surface area contributed by atoms with E-state index in [-0.39, 0.29) is 46.1 Å². The molecule has 0 aromatic rings. The van der Waals surface area contributed by atoms with Crippen molar-refractivity contribution in [2.24, 2.45) is 33.5 Å². The number of aliphatic hydroxyl groups is 1. The van der Waals surface area contributed by atoms with E-state index < -0.39 is 0 Å². The number of rotatable bonds is 22. The molecule has 0 saturated carbocycles. The van der Waals surface area contributed by atoms with Gasteiger partial charge >= 0.3 is 0 Å². The Hall–Kier alpha value is -6.50. The minimum atomic E-state index is -0.347. The molecule has 88 heavy (non-hydrogen) atoms. The highest BCUT2D eigenvalue weighted by molar-refractivity contribution is 6.01. The van der Waals surface area contributed by atoms with Crippen molar-refractivity contribution in [1.29, 1.82) is 0 Å². The highest BCUT2D eigenvalue weighted by Gasteiger charge is 2.39. The predicted molar refractivity (Wildman–Crippen MR) is 382 cm³/mol. The van der Waals surface area contributed by atoms with E-state index >= 15 is 0 Å². The predicted octanol–water partition coefficient (Wildman–Crippen LogP) is 21.9. The number of ketones is 2. The van der Waals surface area contributed by atoms with Crippen molar-refractivity contribution in [3.63, 3.8) is 0 Å². The van der Waals surface area contributed by atoms with Crippen LogP contribution in [0.4, 0.5) is 0 Å².